The number of nitrogens with one attached hydrogen (secondary N) is 1. The van der Waals surface area contributed by atoms with E-state index < -0.39 is 11.6 Å². The molecule has 1 N–H and O–H groups in total. The molecule has 1 aromatic carbocycles. The van der Waals surface area contributed by atoms with Crippen molar-refractivity contribution in [1.29, 1.82) is 0 Å². The highest BCUT2D eigenvalue weighted by Crippen LogP contribution is 2.37. The van der Waals surface area contributed by atoms with Crippen molar-refractivity contribution in [1.82, 2.24) is 15.1 Å². The number of guanidine groups is 1. The van der Waals surface area contributed by atoms with E-state index in [2.05, 4.69) is 53.3 Å². The van der Waals surface area contributed by atoms with E-state index in [0.29, 0.717) is 51.3 Å². The molecular formula is C31H48FN5O3. The van der Waals surface area contributed by atoms with Gasteiger partial charge in [0.15, 0.2) is 5.67 Å². The summed E-state index contributed by atoms with van der Waals surface area (Å²) in [7, 11) is 1.66. The topological polar surface area (TPSA) is 78.8 Å². The predicted molar refractivity (Wildman–Crippen MR) is 158 cm³/mol. The van der Waals surface area contributed by atoms with Crippen LogP contribution >= 0.6 is 0 Å². The molecule has 1 amide bonds. The van der Waals surface area contributed by atoms with Crippen LogP contribution in [0.25, 0.3) is 0 Å². The zero-order valence-corrected chi connectivity index (χ0v) is 24.9. The number of nitrogens with zero attached hydrogens (tertiary/aromatic N) is 4. The summed E-state index contributed by atoms with van der Waals surface area (Å²) in [6.45, 7) is 12.4. The molecule has 4 aliphatic rings. The number of rotatable bonds is 10. The van der Waals surface area contributed by atoms with Gasteiger partial charge in [0.25, 0.3) is 5.91 Å². The van der Waals surface area contributed by atoms with Crippen LogP contribution in [0.5, 0.6) is 0 Å². The summed E-state index contributed by atoms with van der Waals surface area (Å²) < 4.78 is 26.7. The maximum atomic E-state index is 16.1. The third-order valence-corrected chi connectivity index (χ3v) is 8.94. The minimum absolute atomic E-state index is 0.142. The highest BCUT2D eigenvalue weighted by Gasteiger charge is 2.47. The van der Waals surface area contributed by atoms with Crippen LogP contribution in [-0.2, 0) is 20.9 Å². The Morgan fingerprint density at radius 1 is 1.05 bits per heavy atom. The average molecular weight is 558 g/mol. The maximum absolute atomic E-state index is 16.1. The van der Waals surface area contributed by atoms with E-state index in [4.69, 9.17) is 14.5 Å². The first-order chi connectivity index (χ1) is 19.3. The van der Waals surface area contributed by atoms with E-state index in [0.717, 1.165) is 62.2 Å². The SMILES string of the molecule is CCN=C(/N=C(\CC)c1ccc(COCCOC)cc1)N1CCC(F)(C(=O)NC2(C)CCN3CCC2CC3)CC1. The molecule has 0 aliphatic carbocycles. The summed E-state index contributed by atoms with van der Waals surface area (Å²) >= 11 is 0. The van der Waals surface area contributed by atoms with Crippen molar-refractivity contribution < 1.29 is 18.7 Å². The molecule has 9 heteroatoms. The predicted octanol–water partition coefficient (Wildman–Crippen LogP) is 4.22. The monoisotopic (exact) mass is 557 g/mol. The number of benzene rings is 1. The van der Waals surface area contributed by atoms with Gasteiger partial charge in [0, 0.05) is 51.7 Å². The Balaban J connectivity index is 1.38. The summed E-state index contributed by atoms with van der Waals surface area (Å²) in [6, 6.07) is 8.23. The summed E-state index contributed by atoms with van der Waals surface area (Å²) in [5.74, 6) is 0.602. The van der Waals surface area contributed by atoms with Crippen molar-refractivity contribution in [3.05, 3.63) is 35.4 Å². The lowest BCUT2D eigenvalue weighted by molar-refractivity contribution is -0.138. The van der Waals surface area contributed by atoms with Crippen LogP contribution < -0.4 is 5.32 Å². The van der Waals surface area contributed by atoms with Crippen LogP contribution in [-0.4, -0.2) is 98.2 Å². The van der Waals surface area contributed by atoms with Crippen molar-refractivity contribution >= 4 is 17.6 Å². The van der Waals surface area contributed by atoms with Gasteiger partial charge in [-0.05, 0) is 69.7 Å². The van der Waals surface area contributed by atoms with Crippen LogP contribution in [0.4, 0.5) is 4.39 Å². The minimum Gasteiger partial charge on any atom is -0.382 e. The molecule has 1 atom stereocenters. The van der Waals surface area contributed by atoms with Crippen molar-refractivity contribution in [2.75, 3.05) is 59.6 Å². The number of hydrogen-bond acceptors (Lipinski definition) is 5. The van der Waals surface area contributed by atoms with Crippen LogP contribution in [0, 0.1) is 5.92 Å². The summed E-state index contributed by atoms with van der Waals surface area (Å²) in [6.07, 6.45) is 4.06. The number of piperidine rings is 2. The Morgan fingerprint density at radius 3 is 2.38 bits per heavy atom. The number of carbonyl (C=O) groups excluding carboxylic acids is 1. The maximum Gasteiger partial charge on any atom is 0.258 e. The molecule has 0 saturated carbocycles. The molecule has 8 nitrogen and oxygen atoms in total. The first kappa shape index (κ1) is 30.6. The lowest BCUT2D eigenvalue weighted by Crippen LogP contribution is -2.59. The molecule has 1 unspecified atom stereocenters. The van der Waals surface area contributed by atoms with Gasteiger partial charge in [-0.25, -0.2) is 9.38 Å². The van der Waals surface area contributed by atoms with Crippen molar-refractivity contribution in [3.8, 4) is 0 Å². The number of hydrogen-bond donors (Lipinski definition) is 1. The number of alkyl halides is 1. The van der Waals surface area contributed by atoms with Gasteiger partial charge in [0.05, 0.1) is 25.5 Å². The summed E-state index contributed by atoms with van der Waals surface area (Å²) in [5, 5.41) is 3.20. The molecule has 4 fully saturated rings. The second-order valence-electron chi connectivity index (χ2n) is 11.6. The molecule has 0 aromatic heterocycles. The second kappa shape index (κ2) is 14.0. The lowest BCUT2D eigenvalue weighted by Gasteiger charge is -2.41. The van der Waals surface area contributed by atoms with Crippen LogP contribution in [0.2, 0.25) is 0 Å². The Kier molecular flexibility index (Phi) is 10.7. The highest BCUT2D eigenvalue weighted by atomic mass is 19.1. The number of fused-ring (bicyclic) bond motifs is 4. The molecule has 40 heavy (non-hydrogen) atoms. The van der Waals surface area contributed by atoms with Gasteiger partial charge in [-0.15, -0.1) is 0 Å². The first-order valence-corrected chi connectivity index (χ1v) is 15.1. The average Bonchev–Trinajstić information content (AvgIpc) is 3.22. The smallest absolute Gasteiger partial charge is 0.258 e. The highest BCUT2D eigenvalue weighted by molar-refractivity contribution is 6.07. The first-order valence-electron chi connectivity index (χ1n) is 15.1. The van der Waals surface area contributed by atoms with E-state index in [1.54, 1.807) is 7.11 Å². The van der Waals surface area contributed by atoms with Gasteiger partial charge < -0.3 is 24.6 Å². The van der Waals surface area contributed by atoms with E-state index in [1.165, 1.54) is 0 Å². The van der Waals surface area contributed by atoms with Crippen LogP contribution in [0.1, 0.15) is 70.4 Å². The number of aliphatic imine (C=N–C) groups is 2. The number of likely N-dealkylation sites (tertiary alicyclic amines) is 1. The molecule has 5 rings (SSSR count). The fourth-order valence-electron chi connectivity index (χ4n) is 6.15. The number of amides is 1. The summed E-state index contributed by atoms with van der Waals surface area (Å²) in [5.41, 5.74) is 0.861. The van der Waals surface area contributed by atoms with E-state index in [9.17, 15) is 4.79 Å². The Bertz CT molecular complexity index is 1030. The summed E-state index contributed by atoms with van der Waals surface area (Å²) in [4.78, 5) is 27.4. The molecular weight excluding hydrogens is 509 g/mol. The molecule has 0 spiro atoms. The third-order valence-electron chi connectivity index (χ3n) is 8.94. The van der Waals surface area contributed by atoms with Crippen molar-refractivity contribution in [3.63, 3.8) is 0 Å². The molecule has 2 bridgehead atoms. The Morgan fingerprint density at radius 2 is 1.75 bits per heavy atom. The number of halogens is 1. The van der Waals surface area contributed by atoms with E-state index in [-0.39, 0.29) is 18.4 Å². The zero-order valence-electron chi connectivity index (χ0n) is 24.9. The standard InChI is InChI=1S/C31H48FN5O3/c1-5-27(25-9-7-24(8-10-25)23-40-22-21-39-4)34-29(33-6-2)37-19-14-31(32,15-20-37)28(38)35-30(3)13-18-36-16-11-26(30)12-17-36/h7-10,26H,5-6,11-23H2,1-4H3,(H,35,38)/b33-29?,34-27+. The van der Waals surface area contributed by atoms with Crippen LogP contribution in [0.3, 0.4) is 0 Å². The van der Waals surface area contributed by atoms with Gasteiger partial charge in [-0.1, -0.05) is 31.2 Å². The Hall–Kier alpha value is -2.36. The van der Waals surface area contributed by atoms with Crippen molar-refractivity contribution in [2.45, 2.75) is 77.1 Å². The van der Waals surface area contributed by atoms with E-state index >= 15 is 4.39 Å². The Labute approximate surface area is 239 Å². The number of carbonyl (C=O) groups is 1. The molecule has 4 aliphatic heterocycles. The van der Waals surface area contributed by atoms with Gasteiger partial charge in [0.2, 0.25) is 5.96 Å². The van der Waals surface area contributed by atoms with Crippen molar-refractivity contribution in [2.24, 2.45) is 15.9 Å². The third kappa shape index (κ3) is 7.47. The second-order valence-corrected chi connectivity index (χ2v) is 11.6. The fraction of sp³-hybridized carbons (Fsp3) is 0.710. The zero-order chi connectivity index (χ0) is 28.6. The quantitative estimate of drug-likeness (QED) is 0.265. The molecule has 4 saturated heterocycles. The van der Waals surface area contributed by atoms with E-state index in [1.807, 2.05) is 11.8 Å². The number of methoxy groups -OCH3 is 1. The van der Waals surface area contributed by atoms with Gasteiger partial charge in [-0.2, -0.15) is 0 Å². The fourth-order valence-corrected chi connectivity index (χ4v) is 6.15. The largest absolute Gasteiger partial charge is 0.382 e. The van der Waals surface area contributed by atoms with Gasteiger partial charge in [-0.3, -0.25) is 9.79 Å². The molecule has 1 aromatic rings. The van der Waals surface area contributed by atoms with Gasteiger partial charge in [0.1, 0.15) is 0 Å². The van der Waals surface area contributed by atoms with Gasteiger partial charge >= 0.3 is 0 Å². The minimum atomic E-state index is -1.86. The van der Waals surface area contributed by atoms with Crippen LogP contribution in [0.15, 0.2) is 34.3 Å². The number of ether oxygens (including phenoxy) is 2. The molecule has 4 heterocycles. The molecule has 0 radical (unpaired) electrons. The lowest BCUT2D eigenvalue weighted by atomic mass is 9.78. The molecule has 222 valence electrons. The normalized spacial score (nSPS) is 27.0.